The summed E-state index contributed by atoms with van der Waals surface area (Å²) in [6.45, 7) is 5.16. The van der Waals surface area contributed by atoms with Gasteiger partial charge in [-0.25, -0.2) is 0 Å². The highest BCUT2D eigenvalue weighted by atomic mass is 16.5. The third-order valence-electron chi connectivity index (χ3n) is 3.92. The Morgan fingerprint density at radius 1 is 1.32 bits per heavy atom. The lowest BCUT2D eigenvalue weighted by atomic mass is 9.90. The topological polar surface area (TPSA) is 56.8 Å². The largest absolute Gasteiger partial charge is 0.465 e. The lowest BCUT2D eigenvalue weighted by Gasteiger charge is -2.32. The molecule has 2 unspecified atom stereocenters. The molecule has 0 spiro atoms. The first-order valence-electron chi connectivity index (χ1n) is 7.38. The molecule has 2 heterocycles. The molecule has 0 aromatic rings. The van der Waals surface area contributed by atoms with Crippen LogP contribution in [0.4, 0.5) is 0 Å². The Labute approximate surface area is 115 Å². The number of hydrogen-bond donors (Lipinski definition) is 1. The van der Waals surface area contributed by atoms with Crippen LogP contribution in [0.5, 0.6) is 0 Å². The molecule has 19 heavy (non-hydrogen) atoms. The van der Waals surface area contributed by atoms with Crippen LogP contribution in [0.1, 0.15) is 39.0 Å². The molecule has 2 fully saturated rings. The van der Waals surface area contributed by atoms with E-state index >= 15 is 0 Å². The van der Waals surface area contributed by atoms with Crippen LogP contribution in [-0.2, 0) is 19.0 Å². The molecule has 0 aromatic heterocycles. The lowest BCUT2D eigenvalue weighted by Crippen LogP contribution is -2.55. The van der Waals surface area contributed by atoms with Gasteiger partial charge in [-0.1, -0.05) is 0 Å². The predicted molar refractivity (Wildman–Crippen MR) is 71.0 cm³/mol. The van der Waals surface area contributed by atoms with Crippen molar-refractivity contribution in [2.75, 3.05) is 33.0 Å². The van der Waals surface area contributed by atoms with E-state index in [2.05, 4.69) is 5.32 Å². The second-order valence-corrected chi connectivity index (χ2v) is 5.28. The van der Waals surface area contributed by atoms with Gasteiger partial charge in [0.2, 0.25) is 0 Å². The number of carbonyl (C=O) groups is 1. The molecule has 2 aliphatic heterocycles. The highest BCUT2D eigenvalue weighted by molar-refractivity contribution is 5.81. The first-order chi connectivity index (χ1) is 9.27. The molecule has 0 saturated carbocycles. The predicted octanol–water partition coefficient (Wildman–Crippen LogP) is 1.26. The molecule has 2 atom stereocenters. The Morgan fingerprint density at radius 3 is 2.95 bits per heavy atom. The van der Waals surface area contributed by atoms with E-state index in [9.17, 15) is 4.79 Å². The van der Waals surface area contributed by atoms with E-state index in [1.54, 1.807) is 0 Å². The zero-order chi connectivity index (χ0) is 13.6. The van der Waals surface area contributed by atoms with Crippen molar-refractivity contribution < 1.29 is 19.0 Å². The summed E-state index contributed by atoms with van der Waals surface area (Å²) >= 11 is 0. The van der Waals surface area contributed by atoms with Gasteiger partial charge in [-0.05, 0) is 39.0 Å². The Balaban J connectivity index is 1.96. The maximum Gasteiger partial charge on any atom is 0.326 e. The van der Waals surface area contributed by atoms with Crippen LogP contribution in [0.25, 0.3) is 0 Å². The Morgan fingerprint density at radius 2 is 2.21 bits per heavy atom. The molecule has 2 aliphatic rings. The van der Waals surface area contributed by atoms with Gasteiger partial charge in [0, 0.05) is 26.4 Å². The van der Waals surface area contributed by atoms with E-state index in [4.69, 9.17) is 14.2 Å². The van der Waals surface area contributed by atoms with Gasteiger partial charge in [0.15, 0.2) is 0 Å². The molecule has 110 valence electrons. The molecule has 0 radical (unpaired) electrons. The number of hydrogen-bond acceptors (Lipinski definition) is 5. The molecule has 5 nitrogen and oxygen atoms in total. The van der Waals surface area contributed by atoms with Crippen LogP contribution in [-0.4, -0.2) is 50.6 Å². The number of nitrogens with one attached hydrogen (secondary N) is 1. The average Bonchev–Trinajstić information content (AvgIpc) is 2.81. The monoisotopic (exact) mass is 271 g/mol. The van der Waals surface area contributed by atoms with Gasteiger partial charge >= 0.3 is 5.97 Å². The highest BCUT2D eigenvalue weighted by Crippen LogP contribution is 2.24. The summed E-state index contributed by atoms with van der Waals surface area (Å²) < 4.78 is 16.3. The zero-order valence-electron chi connectivity index (χ0n) is 11.8. The van der Waals surface area contributed by atoms with E-state index in [1.807, 2.05) is 6.92 Å². The van der Waals surface area contributed by atoms with E-state index in [-0.39, 0.29) is 12.1 Å². The maximum absolute atomic E-state index is 12.3. The van der Waals surface area contributed by atoms with Crippen LogP contribution < -0.4 is 5.32 Å². The Kier molecular flexibility index (Phi) is 5.60. The molecule has 2 rings (SSSR count). The summed E-state index contributed by atoms with van der Waals surface area (Å²) in [6.07, 6.45) is 4.76. The quantitative estimate of drug-likeness (QED) is 0.763. The number of carbonyl (C=O) groups excluding carboxylic acids is 1. The molecule has 1 N–H and O–H groups in total. The minimum absolute atomic E-state index is 0.140. The second-order valence-electron chi connectivity index (χ2n) is 5.28. The van der Waals surface area contributed by atoms with Crippen LogP contribution in [0.15, 0.2) is 0 Å². The van der Waals surface area contributed by atoms with Crippen molar-refractivity contribution in [1.29, 1.82) is 0 Å². The zero-order valence-corrected chi connectivity index (χ0v) is 11.8. The van der Waals surface area contributed by atoms with Gasteiger partial charge in [0.25, 0.3) is 0 Å². The summed E-state index contributed by atoms with van der Waals surface area (Å²) in [4.78, 5) is 12.3. The summed E-state index contributed by atoms with van der Waals surface area (Å²) in [5.41, 5.74) is -0.585. The maximum atomic E-state index is 12.3. The first-order valence-corrected chi connectivity index (χ1v) is 7.38. The van der Waals surface area contributed by atoms with Crippen molar-refractivity contribution in [2.24, 2.45) is 0 Å². The Bertz CT molecular complexity index is 281. The van der Waals surface area contributed by atoms with Gasteiger partial charge < -0.3 is 14.2 Å². The van der Waals surface area contributed by atoms with Crippen LogP contribution in [0.3, 0.4) is 0 Å². The molecule has 0 aliphatic carbocycles. The standard InChI is InChI=1S/C14H25NO4/c1-2-18-13(16)14(6-4-8-17-10-7-14)15-11-12-5-3-9-19-12/h12,15H,2-11H2,1H3. The summed E-state index contributed by atoms with van der Waals surface area (Å²) in [7, 11) is 0. The minimum Gasteiger partial charge on any atom is -0.465 e. The molecule has 2 saturated heterocycles. The summed E-state index contributed by atoms with van der Waals surface area (Å²) in [6, 6.07) is 0. The van der Waals surface area contributed by atoms with E-state index in [1.165, 1.54) is 0 Å². The van der Waals surface area contributed by atoms with Crippen molar-refractivity contribution in [3.63, 3.8) is 0 Å². The molecule has 5 heteroatoms. The van der Waals surface area contributed by atoms with E-state index < -0.39 is 5.54 Å². The van der Waals surface area contributed by atoms with Crippen molar-refractivity contribution in [3.8, 4) is 0 Å². The van der Waals surface area contributed by atoms with Gasteiger partial charge in [0.05, 0.1) is 12.7 Å². The van der Waals surface area contributed by atoms with Gasteiger partial charge in [-0.2, -0.15) is 0 Å². The fourth-order valence-corrected chi connectivity index (χ4v) is 2.79. The third kappa shape index (κ3) is 3.91. The number of rotatable bonds is 5. The SMILES string of the molecule is CCOC(=O)C1(NCC2CCCO2)CCCOCC1. The molecular formula is C14H25NO4. The van der Waals surface area contributed by atoms with E-state index in [0.29, 0.717) is 19.6 Å². The molecule has 0 amide bonds. The Hall–Kier alpha value is -0.650. The smallest absolute Gasteiger partial charge is 0.326 e. The summed E-state index contributed by atoms with van der Waals surface area (Å²) in [5, 5.41) is 3.42. The van der Waals surface area contributed by atoms with Crippen molar-refractivity contribution in [3.05, 3.63) is 0 Å². The average molecular weight is 271 g/mol. The van der Waals surface area contributed by atoms with Crippen LogP contribution in [0, 0.1) is 0 Å². The first kappa shape index (κ1) is 14.8. The van der Waals surface area contributed by atoms with Crippen LogP contribution in [0.2, 0.25) is 0 Å². The molecular weight excluding hydrogens is 246 g/mol. The van der Waals surface area contributed by atoms with Crippen molar-refractivity contribution in [1.82, 2.24) is 5.32 Å². The molecule has 0 bridgehead atoms. The van der Waals surface area contributed by atoms with Gasteiger partial charge in [-0.3, -0.25) is 10.1 Å². The van der Waals surface area contributed by atoms with E-state index in [0.717, 1.165) is 45.4 Å². The van der Waals surface area contributed by atoms with Crippen molar-refractivity contribution >= 4 is 5.97 Å². The normalized spacial score (nSPS) is 31.9. The van der Waals surface area contributed by atoms with Gasteiger partial charge in [0.1, 0.15) is 5.54 Å². The minimum atomic E-state index is -0.585. The third-order valence-corrected chi connectivity index (χ3v) is 3.92. The summed E-state index contributed by atoms with van der Waals surface area (Å²) in [5.74, 6) is -0.140. The molecule has 0 aromatic carbocycles. The fraction of sp³-hybridized carbons (Fsp3) is 0.929. The fourth-order valence-electron chi connectivity index (χ4n) is 2.79. The number of ether oxygens (including phenoxy) is 3. The van der Waals surface area contributed by atoms with Crippen LogP contribution >= 0.6 is 0 Å². The van der Waals surface area contributed by atoms with Crippen molar-refractivity contribution in [2.45, 2.75) is 50.7 Å². The van der Waals surface area contributed by atoms with Gasteiger partial charge in [-0.15, -0.1) is 0 Å². The number of esters is 1. The lowest BCUT2D eigenvalue weighted by molar-refractivity contribution is -0.152. The highest BCUT2D eigenvalue weighted by Gasteiger charge is 2.40. The second kappa shape index (κ2) is 7.22.